The van der Waals surface area contributed by atoms with Gasteiger partial charge in [0.15, 0.2) is 0 Å². The van der Waals surface area contributed by atoms with Crippen molar-refractivity contribution < 1.29 is 4.79 Å². The van der Waals surface area contributed by atoms with Crippen LogP contribution in [0, 0.1) is 19.8 Å². The fourth-order valence-electron chi connectivity index (χ4n) is 4.41. The molecule has 3 aromatic rings. The summed E-state index contributed by atoms with van der Waals surface area (Å²) < 4.78 is 1.88. The summed E-state index contributed by atoms with van der Waals surface area (Å²) in [6, 6.07) is 9.66. The van der Waals surface area contributed by atoms with Crippen molar-refractivity contribution in [3.05, 3.63) is 68.9 Å². The van der Waals surface area contributed by atoms with Crippen molar-refractivity contribution >= 4 is 5.91 Å². The summed E-state index contributed by atoms with van der Waals surface area (Å²) in [4.78, 5) is 33.1. The summed E-state index contributed by atoms with van der Waals surface area (Å²) in [7, 11) is 1.94. The van der Waals surface area contributed by atoms with Crippen LogP contribution in [-0.4, -0.2) is 32.2 Å². The van der Waals surface area contributed by atoms with E-state index in [-0.39, 0.29) is 17.4 Å². The second-order valence-corrected chi connectivity index (χ2v) is 8.29. The number of carbonyl (C=O) groups excluding carboxylic acids is 1. The lowest BCUT2D eigenvalue weighted by Gasteiger charge is -2.14. The van der Waals surface area contributed by atoms with Crippen LogP contribution in [0.2, 0.25) is 0 Å². The van der Waals surface area contributed by atoms with E-state index in [2.05, 4.69) is 15.4 Å². The van der Waals surface area contributed by atoms with Gasteiger partial charge < -0.3 is 10.3 Å². The van der Waals surface area contributed by atoms with Gasteiger partial charge in [0, 0.05) is 36.3 Å². The first-order valence-electron chi connectivity index (χ1n) is 10.9. The van der Waals surface area contributed by atoms with Gasteiger partial charge in [-0.05, 0) is 51.5 Å². The topological polar surface area (TPSA) is 92.7 Å². The maximum absolute atomic E-state index is 12.8. The Morgan fingerprint density at radius 3 is 2.65 bits per heavy atom. The van der Waals surface area contributed by atoms with E-state index < -0.39 is 0 Å². The monoisotopic (exact) mass is 419 g/mol. The van der Waals surface area contributed by atoms with Gasteiger partial charge in [0.05, 0.1) is 11.4 Å². The molecule has 0 aliphatic heterocycles. The molecule has 1 amide bonds. The number of amides is 1. The van der Waals surface area contributed by atoms with E-state index in [4.69, 9.17) is 4.98 Å². The first-order chi connectivity index (χ1) is 14.9. The number of benzene rings is 1. The van der Waals surface area contributed by atoms with Gasteiger partial charge in [-0.1, -0.05) is 30.3 Å². The molecule has 162 valence electrons. The molecule has 0 saturated heterocycles. The van der Waals surface area contributed by atoms with Crippen LogP contribution >= 0.6 is 0 Å². The Morgan fingerprint density at radius 1 is 1.19 bits per heavy atom. The number of aryl methyl sites for hydroxylation is 3. The Bertz CT molecular complexity index is 1150. The number of H-pyrrole nitrogens is 1. The van der Waals surface area contributed by atoms with Crippen molar-refractivity contribution in [1.29, 1.82) is 0 Å². The number of nitrogens with zero attached hydrogens (tertiary/aromatic N) is 3. The van der Waals surface area contributed by atoms with Crippen LogP contribution in [-0.2, 0) is 31.1 Å². The molecule has 0 spiro atoms. The molecule has 2 heterocycles. The molecular formula is C24H29N5O2. The van der Waals surface area contributed by atoms with E-state index in [9.17, 15) is 9.59 Å². The van der Waals surface area contributed by atoms with Crippen LogP contribution in [0.25, 0.3) is 11.4 Å². The van der Waals surface area contributed by atoms with E-state index in [0.717, 1.165) is 34.6 Å². The molecule has 31 heavy (non-hydrogen) atoms. The normalized spacial score (nSPS) is 15.9. The third-order valence-corrected chi connectivity index (χ3v) is 6.32. The van der Waals surface area contributed by atoms with Gasteiger partial charge in [-0.3, -0.25) is 14.3 Å². The van der Waals surface area contributed by atoms with E-state index in [1.165, 1.54) is 5.56 Å². The number of carbonyl (C=O) groups is 1. The van der Waals surface area contributed by atoms with Crippen molar-refractivity contribution in [3.8, 4) is 11.4 Å². The van der Waals surface area contributed by atoms with Crippen molar-refractivity contribution in [3.63, 3.8) is 0 Å². The van der Waals surface area contributed by atoms with Crippen LogP contribution < -0.4 is 10.9 Å². The second kappa shape index (κ2) is 8.88. The minimum atomic E-state index is -0.107. The first kappa shape index (κ1) is 21.0. The van der Waals surface area contributed by atoms with E-state index >= 15 is 0 Å². The first-order valence-corrected chi connectivity index (χ1v) is 10.9. The quantitative estimate of drug-likeness (QED) is 0.622. The van der Waals surface area contributed by atoms with Crippen LogP contribution in [0.1, 0.15) is 41.1 Å². The number of hydrogen-bond acceptors (Lipinski definition) is 4. The lowest BCUT2D eigenvalue weighted by molar-refractivity contribution is -0.125. The molecule has 0 saturated carbocycles. The van der Waals surface area contributed by atoms with Gasteiger partial charge in [0.1, 0.15) is 5.82 Å². The molecule has 1 unspecified atom stereocenters. The summed E-state index contributed by atoms with van der Waals surface area (Å²) in [6.45, 7) is 4.64. The van der Waals surface area contributed by atoms with Crippen LogP contribution in [0.3, 0.4) is 0 Å². The van der Waals surface area contributed by atoms with Gasteiger partial charge in [0.25, 0.3) is 5.56 Å². The zero-order valence-corrected chi connectivity index (χ0v) is 18.4. The van der Waals surface area contributed by atoms with Gasteiger partial charge in [-0.15, -0.1) is 0 Å². The maximum atomic E-state index is 12.8. The van der Waals surface area contributed by atoms with Crippen LogP contribution in [0.15, 0.2) is 35.1 Å². The zero-order chi connectivity index (χ0) is 22.0. The van der Waals surface area contributed by atoms with Gasteiger partial charge in [-0.25, -0.2) is 4.98 Å². The second-order valence-electron chi connectivity index (χ2n) is 8.29. The summed E-state index contributed by atoms with van der Waals surface area (Å²) in [6.07, 6.45) is 3.35. The lowest BCUT2D eigenvalue weighted by Crippen LogP contribution is -2.32. The summed E-state index contributed by atoms with van der Waals surface area (Å²) >= 11 is 0. The van der Waals surface area contributed by atoms with E-state index in [0.29, 0.717) is 38.1 Å². The molecule has 4 rings (SSSR count). The van der Waals surface area contributed by atoms with Crippen molar-refractivity contribution in [2.45, 2.75) is 46.0 Å². The van der Waals surface area contributed by atoms with E-state index in [1.807, 2.05) is 55.9 Å². The number of rotatable bonds is 5. The fourth-order valence-corrected chi connectivity index (χ4v) is 4.41. The standard InChI is InChI=1S/C24H29N5O2/c1-15-19(16(2)29(3)28-15)13-14-25-23(30)18-9-11-20-21(12-10-18)26-22(27-24(20)31)17-7-5-4-6-8-17/h4-8,18H,9-14H2,1-3H3,(H,25,30)(H,26,27,31). The van der Waals surface area contributed by atoms with Crippen LogP contribution in [0.5, 0.6) is 0 Å². The predicted octanol–water partition coefficient (Wildman–Crippen LogP) is 2.64. The number of nitrogens with one attached hydrogen (secondary N) is 2. The molecule has 7 heteroatoms. The van der Waals surface area contributed by atoms with Crippen molar-refractivity contribution in [2.75, 3.05) is 6.54 Å². The van der Waals surface area contributed by atoms with E-state index in [1.54, 1.807) is 0 Å². The average molecular weight is 420 g/mol. The average Bonchev–Trinajstić information content (AvgIpc) is 2.92. The Labute approximate surface area is 181 Å². The van der Waals surface area contributed by atoms with Crippen molar-refractivity contribution in [1.82, 2.24) is 25.1 Å². The van der Waals surface area contributed by atoms with Crippen LogP contribution in [0.4, 0.5) is 0 Å². The lowest BCUT2D eigenvalue weighted by atomic mass is 9.98. The highest BCUT2D eigenvalue weighted by Crippen LogP contribution is 2.23. The largest absolute Gasteiger partial charge is 0.356 e. The molecule has 0 fully saturated rings. The minimum absolute atomic E-state index is 0.0618. The SMILES string of the molecule is Cc1nn(C)c(C)c1CCNC(=O)C1CCc2nc(-c3ccccc3)[nH]c(=O)c2CC1. The molecule has 1 aliphatic carbocycles. The molecule has 2 N–H and O–H groups in total. The number of fused-ring (bicyclic) bond motifs is 1. The third kappa shape index (κ3) is 4.45. The Morgan fingerprint density at radius 2 is 1.94 bits per heavy atom. The van der Waals surface area contributed by atoms with Gasteiger partial charge >= 0.3 is 0 Å². The third-order valence-electron chi connectivity index (χ3n) is 6.32. The highest BCUT2D eigenvalue weighted by atomic mass is 16.2. The highest BCUT2D eigenvalue weighted by molar-refractivity contribution is 5.78. The molecule has 7 nitrogen and oxygen atoms in total. The Hall–Kier alpha value is -3.22. The van der Waals surface area contributed by atoms with Gasteiger partial charge in [0.2, 0.25) is 5.91 Å². The van der Waals surface area contributed by atoms with Crippen molar-refractivity contribution in [2.24, 2.45) is 13.0 Å². The van der Waals surface area contributed by atoms with Gasteiger partial charge in [-0.2, -0.15) is 5.10 Å². The highest BCUT2D eigenvalue weighted by Gasteiger charge is 2.25. The summed E-state index contributed by atoms with van der Waals surface area (Å²) in [5.41, 5.74) is 5.68. The number of hydrogen-bond donors (Lipinski definition) is 2. The summed E-state index contributed by atoms with van der Waals surface area (Å²) in [5.74, 6) is 0.547. The zero-order valence-electron chi connectivity index (χ0n) is 18.4. The number of aromatic amines is 1. The number of aromatic nitrogens is 4. The molecule has 1 aliphatic rings. The minimum Gasteiger partial charge on any atom is -0.356 e. The Kier molecular flexibility index (Phi) is 6.02. The Balaban J connectivity index is 1.40. The molecular weight excluding hydrogens is 390 g/mol. The predicted molar refractivity (Wildman–Crippen MR) is 120 cm³/mol. The fraction of sp³-hybridized carbons (Fsp3) is 0.417. The molecule has 0 bridgehead atoms. The summed E-state index contributed by atoms with van der Waals surface area (Å²) in [5, 5.41) is 7.52. The molecule has 1 aromatic carbocycles. The smallest absolute Gasteiger partial charge is 0.254 e. The maximum Gasteiger partial charge on any atom is 0.254 e. The molecule has 2 aromatic heterocycles. The molecule has 1 atom stereocenters. The molecule has 0 radical (unpaired) electrons.